The van der Waals surface area contributed by atoms with Gasteiger partial charge in [-0.2, -0.15) is 0 Å². The molecule has 1 aliphatic rings. The fourth-order valence-electron chi connectivity index (χ4n) is 2.02. The van der Waals surface area contributed by atoms with Crippen LogP contribution in [0.4, 0.5) is 0 Å². The molecule has 1 aliphatic heterocycles. The zero-order chi connectivity index (χ0) is 12.5. The number of aryl methyl sites for hydroxylation is 1. The number of fused-ring (bicyclic) bond motifs is 1. The number of hydrogen-bond acceptors (Lipinski definition) is 4. The minimum Gasteiger partial charge on any atom is -0.454 e. The van der Waals surface area contributed by atoms with Gasteiger partial charge in [0.15, 0.2) is 11.5 Å². The van der Waals surface area contributed by atoms with E-state index in [1.807, 2.05) is 18.2 Å². The van der Waals surface area contributed by atoms with Gasteiger partial charge in [0.25, 0.3) is 0 Å². The summed E-state index contributed by atoms with van der Waals surface area (Å²) in [6.45, 7) is 2.45. The van der Waals surface area contributed by atoms with Gasteiger partial charge in [0, 0.05) is 9.75 Å². The average Bonchev–Trinajstić information content (AvgIpc) is 3.05. The monoisotopic (exact) mass is 261 g/mol. The molecular weight excluding hydrogens is 246 g/mol. The fraction of sp³-hybridized carbons (Fsp3) is 0.286. The Labute approximate surface area is 110 Å². The maximum atomic E-state index is 6.29. The van der Waals surface area contributed by atoms with Gasteiger partial charge in [0.05, 0.1) is 6.04 Å². The predicted molar refractivity (Wildman–Crippen MR) is 72.3 cm³/mol. The third kappa shape index (κ3) is 1.98. The Balaban J connectivity index is 1.89. The van der Waals surface area contributed by atoms with Crippen LogP contribution in [0.1, 0.15) is 28.3 Å². The molecule has 18 heavy (non-hydrogen) atoms. The van der Waals surface area contributed by atoms with Crippen LogP contribution in [0.5, 0.6) is 11.5 Å². The minimum absolute atomic E-state index is 0.0928. The van der Waals surface area contributed by atoms with E-state index in [9.17, 15) is 0 Å². The standard InChI is InChI=1S/C14H15NO2S/c1-2-10-4-6-13(18-10)14(15)9-3-5-11-12(7-9)17-8-16-11/h3-7,14H,2,8,15H2,1H3. The molecule has 0 saturated carbocycles. The van der Waals surface area contributed by atoms with Crippen molar-refractivity contribution < 1.29 is 9.47 Å². The normalized spacial score (nSPS) is 14.8. The van der Waals surface area contributed by atoms with Crippen molar-refractivity contribution in [1.82, 2.24) is 0 Å². The summed E-state index contributed by atoms with van der Waals surface area (Å²) >= 11 is 1.77. The Morgan fingerprint density at radius 3 is 2.83 bits per heavy atom. The second kappa shape index (κ2) is 4.63. The summed E-state index contributed by atoms with van der Waals surface area (Å²) in [5.41, 5.74) is 7.35. The van der Waals surface area contributed by atoms with Gasteiger partial charge in [0.2, 0.25) is 6.79 Å². The molecule has 0 aliphatic carbocycles. The highest BCUT2D eigenvalue weighted by Crippen LogP contribution is 2.36. The first-order valence-electron chi connectivity index (χ1n) is 6.01. The van der Waals surface area contributed by atoms with Crippen molar-refractivity contribution in [3.63, 3.8) is 0 Å². The smallest absolute Gasteiger partial charge is 0.231 e. The lowest BCUT2D eigenvalue weighted by Gasteiger charge is -2.10. The molecule has 2 aromatic rings. The Bertz CT molecular complexity index is 565. The van der Waals surface area contributed by atoms with Crippen LogP contribution in [-0.4, -0.2) is 6.79 Å². The van der Waals surface area contributed by atoms with Gasteiger partial charge in [-0.25, -0.2) is 0 Å². The van der Waals surface area contributed by atoms with Crippen LogP contribution in [0, 0.1) is 0 Å². The summed E-state index contributed by atoms with van der Waals surface area (Å²) < 4.78 is 10.7. The van der Waals surface area contributed by atoms with E-state index in [1.165, 1.54) is 9.75 Å². The van der Waals surface area contributed by atoms with Crippen molar-refractivity contribution in [2.24, 2.45) is 5.73 Å². The van der Waals surface area contributed by atoms with Crippen molar-refractivity contribution in [3.05, 3.63) is 45.6 Å². The Kier molecular flexibility index (Phi) is 2.97. The first kappa shape index (κ1) is 11.6. The Hall–Kier alpha value is -1.52. The van der Waals surface area contributed by atoms with Crippen LogP contribution < -0.4 is 15.2 Å². The summed E-state index contributed by atoms with van der Waals surface area (Å²) in [6, 6.07) is 10.1. The van der Waals surface area contributed by atoms with Gasteiger partial charge in [-0.1, -0.05) is 13.0 Å². The molecule has 0 spiro atoms. The topological polar surface area (TPSA) is 44.5 Å². The lowest BCUT2D eigenvalue weighted by Crippen LogP contribution is -2.09. The molecule has 94 valence electrons. The molecule has 1 aromatic heterocycles. The molecule has 0 saturated heterocycles. The van der Waals surface area contributed by atoms with Crippen LogP contribution in [0.25, 0.3) is 0 Å². The molecule has 0 bridgehead atoms. The molecule has 0 fully saturated rings. The summed E-state index contributed by atoms with van der Waals surface area (Å²) in [4.78, 5) is 2.55. The van der Waals surface area contributed by atoms with Gasteiger partial charge in [-0.05, 0) is 36.2 Å². The largest absolute Gasteiger partial charge is 0.454 e. The SMILES string of the molecule is CCc1ccc(C(N)c2ccc3c(c2)OCO3)s1. The molecule has 3 nitrogen and oxygen atoms in total. The zero-order valence-corrected chi connectivity index (χ0v) is 11.0. The second-order valence-electron chi connectivity index (χ2n) is 4.25. The summed E-state index contributed by atoms with van der Waals surface area (Å²) in [5, 5.41) is 0. The van der Waals surface area contributed by atoms with Crippen molar-refractivity contribution in [2.45, 2.75) is 19.4 Å². The van der Waals surface area contributed by atoms with E-state index >= 15 is 0 Å². The van der Waals surface area contributed by atoms with Crippen LogP contribution in [0.3, 0.4) is 0 Å². The Morgan fingerprint density at radius 2 is 2.06 bits per heavy atom. The van der Waals surface area contributed by atoms with Gasteiger partial charge in [0.1, 0.15) is 0 Å². The van der Waals surface area contributed by atoms with Crippen LogP contribution in [0.15, 0.2) is 30.3 Å². The van der Waals surface area contributed by atoms with Crippen molar-refractivity contribution in [2.75, 3.05) is 6.79 Å². The molecule has 2 N–H and O–H groups in total. The average molecular weight is 261 g/mol. The van der Waals surface area contributed by atoms with Crippen molar-refractivity contribution in [3.8, 4) is 11.5 Å². The number of nitrogens with two attached hydrogens (primary N) is 1. The number of ether oxygens (including phenoxy) is 2. The first-order valence-corrected chi connectivity index (χ1v) is 6.83. The third-order valence-corrected chi connectivity index (χ3v) is 4.41. The first-order chi connectivity index (χ1) is 8.78. The highest BCUT2D eigenvalue weighted by atomic mass is 32.1. The van der Waals surface area contributed by atoms with E-state index in [2.05, 4.69) is 19.1 Å². The molecular formula is C14H15NO2S. The minimum atomic E-state index is -0.0928. The van der Waals surface area contributed by atoms with Gasteiger partial charge in [-0.3, -0.25) is 0 Å². The van der Waals surface area contributed by atoms with E-state index in [-0.39, 0.29) is 6.04 Å². The molecule has 0 radical (unpaired) electrons. The van der Waals surface area contributed by atoms with Crippen LogP contribution in [-0.2, 0) is 6.42 Å². The van der Waals surface area contributed by atoms with E-state index in [4.69, 9.17) is 15.2 Å². The van der Waals surface area contributed by atoms with E-state index < -0.39 is 0 Å². The van der Waals surface area contributed by atoms with E-state index in [1.54, 1.807) is 11.3 Å². The number of benzene rings is 1. The zero-order valence-electron chi connectivity index (χ0n) is 10.2. The maximum Gasteiger partial charge on any atom is 0.231 e. The molecule has 1 aromatic carbocycles. The Morgan fingerprint density at radius 1 is 1.22 bits per heavy atom. The van der Waals surface area contributed by atoms with Gasteiger partial charge in [-0.15, -0.1) is 11.3 Å². The van der Waals surface area contributed by atoms with E-state index in [0.717, 1.165) is 23.5 Å². The molecule has 2 heterocycles. The highest BCUT2D eigenvalue weighted by molar-refractivity contribution is 7.12. The van der Waals surface area contributed by atoms with Gasteiger partial charge < -0.3 is 15.2 Å². The molecule has 1 atom stereocenters. The maximum absolute atomic E-state index is 6.29. The lowest BCUT2D eigenvalue weighted by molar-refractivity contribution is 0.174. The number of thiophene rings is 1. The summed E-state index contributed by atoms with van der Waals surface area (Å²) in [5.74, 6) is 1.58. The molecule has 0 amide bonds. The quantitative estimate of drug-likeness (QED) is 0.923. The van der Waals surface area contributed by atoms with Crippen LogP contribution >= 0.6 is 11.3 Å². The van der Waals surface area contributed by atoms with Crippen molar-refractivity contribution in [1.29, 1.82) is 0 Å². The van der Waals surface area contributed by atoms with Crippen molar-refractivity contribution >= 4 is 11.3 Å². The lowest BCUT2D eigenvalue weighted by atomic mass is 10.1. The summed E-state index contributed by atoms with van der Waals surface area (Å²) in [7, 11) is 0. The summed E-state index contributed by atoms with van der Waals surface area (Å²) in [6.07, 6.45) is 1.05. The van der Waals surface area contributed by atoms with Crippen LogP contribution in [0.2, 0.25) is 0 Å². The van der Waals surface area contributed by atoms with Gasteiger partial charge >= 0.3 is 0 Å². The highest BCUT2D eigenvalue weighted by Gasteiger charge is 2.17. The molecule has 4 heteroatoms. The molecule has 1 unspecified atom stereocenters. The molecule has 3 rings (SSSR count). The van der Waals surface area contributed by atoms with E-state index in [0.29, 0.717) is 6.79 Å². The number of rotatable bonds is 3. The second-order valence-corrected chi connectivity index (χ2v) is 5.45. The number of hydrogen-bond donors (Lipinski definition) is 1. The predicted octanol–water partition coefficient (Wildman–Crippen LogP) is 3.09. The third-order valence-electron chi connectivity index (χ3n) is 3.09. The fourth-order valence-corrected chi connectivity index (χ4v) is 3.00.